The highest BCUT2D eigenvalue weighted by Crippen LogP contribution is 2.38. The van der Waals surface area contributed by atoms with Crippen LogP contribution in [0.3, 0.4) is 0 Å². The number of anilines is 1. The van der Waals surface area contributed by atoms with E-state index in [1.54, 1.807) is 18.2 Å². The number of aliphatic hydroxyl groups excluding tert-OH is 1. The summed E-state index contributed by atoms with van der Waals surface area (Å²) >= 11 is 6.26. The third-order valence-electron chi connectivity index (χ3n) is 7.55. The first-order chi connectivity index (χ1) is 21.8. The maximum Gasteiger partial charge on any atom is 0.547 e. The van der Waals surface area contributed by atoms with Gasteiger partial charge in [0, 0.05) is 31.4 Å². The molecule has 2 aliphatic heterocycles. The van der Waals surface area contributed by atoms with Gasteiger partial charge in [-0.1, -0.05) is 29.8 Å². The lowest BCUT2D eigenvalue weighted by Crippen LogP contribution is -2.62. The number of amides is 3. The molecule has 3 amide bonds. The Balaban J connectivity index is 1.35. The number of hydrogen-bond acceptors (Lipinski definition) is 12. The Labute approximate surface area is 266 Å². The number of pyridine rings is 1. The number of nitrogens with zero attached hydrogens (tertiary/aromatic N) is 3. The molecule has 5 rings (SSSR count). The quantitative estimate of drug-likeness (QED) is 0.0619. The van der Waals surface area contributed by atoms with Gasteiger partial charge in [0.05, 0.1) is 16.5 Å². The van der Waals surface area contributed by atoms with E-state index >= 15 is 0 Å². The molecule has 1 aromatic heterocycles. The molecule has 1 fully saturated rings. The minimum absolute atomic E-state index is 0.0203. The van der Waals surface area contributed by atoms with E-state index in [2.05, 4.69) is 15.6 Å². The van der Waals surface area contributed by atoms with Crippen LogP contribution >= 0.6 is 11.6 Å². The van der Waals surface area contributed by atoms with E-state index in [0.717, 1.165) is 11.0 Å². The number of fused-ring (bicyclic) bond motifs is 1. The summed E-state index contributed by atoms with van der Waals surface area (Å²) < 4.78 is 5.43. The van der Waals surface area contributed by atoms with Gasteiger partial charge in [0.15, 0.2) is 17.9 Å². The first-order valence-corrected chi connectivity index (χ1v) is 14.2. The van der Waals surface area contributed by atoms with Crippen molar-refractivity contribution >= 4 is 48.2 Å². The van der Waals surface area contributed by atoms with Crippen LogP contribution in [0, 0.1) is 0 Å². The van der Waals surface area contributed by atoms with Crippen molar-refractivity contribution < 1.29 is 49.3 Å². The Morgan fingerprint density at radius 1 is 1.15 bits per heavy atom. The summed E-state index contributed by atoms with van der Waals surface area (Å²) in [6, 6.07) is 8.14. The van der Waals surface area contributed by atoms with Gasteiger partial charge in [-0.3, -0.25) is 24.6 Å². The number of phenols is 2. The number of hydrogen-bond donors (Lipinski definition) is 8. The molecule has 0 aliphatic carbocycles. The van der Waals surface area contributed by atoms with Gasteiger partial charge in [-0.2, -0.15) is 0 Å². The number of carbonyl (C=O) groups is 4. The molecule has 9 N–H and O–H groups in total. The molecule has 1 saturated heterocycles. The number of phenolic OH excluding ortho intramolecular Hbond substituents is 2. The molecule has 2 unspecified atom stereocenters. The van der Waals surface area contributed by atoms with Crippen molar-refractivity contribution in [3.63, 3.8) is 0 Å². The number of benzene rings is 2. The van der Waals surface area contributed by atoms with Gasteiger partial charge in [-0.05, 0) is 41.8 Å². The molecule has 18 heteroatoms. The van der Waals surface area contributed by atoms with Gasteiger partial charge in [0.2, 0.25) is 5.91 Å². The summed E-state index contributed by atoms with van der Waals surface area (Å²) in [6.07, 6.45) is -0.516. The number of aromatic hydroxyl groups is 2. The van der Waals surface area contributed by atoms with Crippen molar-refractivity contribution in [2.75, 3.05) is 18.8 Å². The lowest BCUT2D eigenvalue weighted by molar-refractivity contribution is -0.166. The third kappa shape index (κ3) is 6.48. The Morgan fingerprint density at radius 2 is 1.91 bits per heavy atom. The second kappa shape index (κ2) is 13.1. The Kier molecular flexibility index (Phi) is 9.20. The van der Waals surface area contributed by atoms with E-state index in [-0.39, 0.29) is 48.7 Å². The number of carboxylic acids is 1. The van der Waals surface area contributed by atoms with Gasteiger partial charge >= 0.3 is 24.9 Å². The summed E-state index contributed by atoms with van der Waals surface area (Å²) in [5, 5.41) is 55.9. The molecule has 2 aliphatic rings. The average molecular weight is 655 g/mol. The molecule has 0 spiro atoms. The SMILES string of the molecule is Nc1cc(CN2CCN(C(O)NC(C(=O)N[C@H]3Cc4cccc(C(=O)O)c4OB3O)c3ccc(O)c(O)c3Cl)C(=O)C2=O)ccn1. The van der Waals surface area contributed by atoms with Gasteiger partial charge < -0.3 is 46.1 Å². The molecule has 3 heterocycles. The fourth-order valence-electron chi connectivity index (χ4n) is 5.21. The maximum absolute atomic E-state index is 13.7. The number of piperazine rings is 1. The van der Waals surface area contributed by atoms with E-state index in [1.807, 2.05) is 0 Å². The van der Waals surface area contributed by atoms with Crippen LogP contribution in [0.2, 0.25) is 5.02 Å². The van der Waals surface area contributed by atoms with Crippen molar-refractivity contribution in [1.82, 2.24) is 25.4 Å². The second-order valence-corrected chi connectivity index (χ2v) is 10.9. The largest absolute Gasteiger partial charge is 0.547 e. The van der Waals surface area contributed by atoms with Crippen LogP contribution in [0.25, 0.3) is 0 Å². The van der Waals surface area contributed by atoms with Crippen molar-refractivity contribution in [2.24, 2.45) is 0 Å². The highest BCUT2D eigenvalue weighted by molar-refractivity contribution is 6.47. The Hall–Kier alpha value is -5.10. The summed E-state index contributed by atoms with van der Waals surface area (Å²) in [4.78, 5) is 57.2. The number of nitrogens with one attached hydrogen (secondary N) is 2. The standard InChI is InChI=1S/C28H28BClN6O10/c30-20-15(4-5-17(37)22(20)38)21(24(39)33-18-11-14-2-1-3-16(27(42)43)23(14)46-29(18)45)34-28(44)36-9-8-35(25(40)26(36)41)12-13-6-7-32-19(31)10-13/h1-7,10,18,21,28,34,37-38,44-45H,8-9,11-12H2,(H2,31,32)(H,33,39)(H,42,43)/t18-,21?,28?/m0/s1. The topological polar surface area (TPSA) is 248 Å². The zero-order valence-corrected chi connectivity index (χ0v) is 24.6. The first-order valence-electron chi connectivity index (χ1n) is 13.8. The number of carbonyl (C=O) groups excluding carboxylic acids is 3. The molecule has 46 heavy (non-hydrogen) atoms. The molecular weight excluding hydrogens is 627 g/mol. The number of rotatable bonds is 9. The van der Waals surface area contributed by atoms with Crippen molar-refractivity contribution in [3.8, 4) is 17.2 Å². The highest BCUT2D eigenvalue weighted by atomic mass is 35.5. The summed E-state index contributed by atoms with van der Waals surface area (Å²) in [5.41, 5.74) is 6.40. The molecule has 2 aromatic carbocycles. The lowest BCUT2D eigenvalue weighted by atomic mass is 9.72. The van der Waals surface area contributed by atoms with Crippen molar-refractivity contribution in [3.05, 3.63) is 75.9 Å². The van der Waals surface area contributed by atoms with Crippen LogP contribution in [0.1, 0.15) is 33.1 Å². The van der Waals surface area contributed by atoms with E-state index in [0.29, 0.717) is 11.1 Å². The maximum atomic E-state index is 13.7. The van der Waals surface area contributed by atoms with Gasteiger partial charge in [0.1, 0.15) is 17.6 Å². The van der Waals surface area contributed by atoms with Crippen LogP contribution < -0.4 is 21.0 Å². The molecule has 16 nitrogen and oxygen atoms in total. The minimum atomic E-state index is -1.93. The van der Waals surface area contributed by atoms with Crippen molar-refractivity contribution in [2.45, 2.75) is 31.3 Å². The van der Waals surface area contributed by atoms with E-state index in [9.17, 15) is 44.6 Å². The zero-order valence-electron chi connectivity index (χ0n) is 23.8. The van der Waals surface area contributed by atoms with Crippen LogP contribution in [-0.4, -0.2) is 96.4 Å². The molecule has 0 radical (unpaired) electrons. The van der Waals surface area contributed by atoms with E-state index < -0.39 is 65.7 Å². The number of nitrogens with two attached hydrogens (primary N) is 1. The average Bonchev–Trinajstić information content (AvgIpc) is 3.01. The minimum Gasteiger partial charge on any atom is -0.534 e. The monoisotopic (exact) mass is 654 g/mol. The molecule has 240 valence electrons. The number of halogens is 1. The predicted octanol–water partition coefficient (Wildman–Crippen LogP) is -0.656. The number of carboxylic acid groups (broad SMARTS) is 1. The van der Waals surface area contributed by atoms with Crippen LogP contribution in [0.4, 0.5) is 5.82 Å². The van der Waals surface area contributed by atoms with Crippen LogP contribution in [-0.2, 0) is 27.3 Å². The summed E-state index contributed by atoms with van der Waals surface area (Å²) in [5.74, 6) is -6.50. The van der Waals surface area contributed by atoms with Gasteiger partial charge in [-0.15, -0.1) is 0 Å². The van der Waals surface area contributed by atoms with Crippen LogP contribution in [0.5, 0.6) is 17.2 Å². The van der Waals surface area contributed by atoms with Gasteiger partial charge in [0.25, 0.3) is 0 Å². The number of nitrogen functional groups attached to an aromatic ring is 1. The van der Waals surface area contributed by atoms with Crippen molar-refractivity contribution in [1.29, 1.82) is 0 Å². The number of aromatic carboxylic acids is 1. The fraction of sp³-hybridized carbons (Fsp3) is 0.250. The Morgan fingerprint density at radius 3 is 2.63 bits per heavy atom. The summed E-state index contributed by atoms with van der Waals surface area (Å²) in [7, 11) is -1.69. The molecule has 3 aromatic rings. The predicted molar refractivity (Wildman–Crippen MR) is 160 cm³/mol. The summed E-state index contributed by atoms with van der Waals surface area (Å²) in [6.45, 7) is -0.0580. The van der Waals surface area contributed by atoms with Gasteiger partial charge in [-0.25, -0.2) is 9.78 Å². The lowest BCUT2D eigenvalue weighted by Gasteiger charge is -2.38. The van der Waals surface area contributed by atoms with E-state index in [1.165, 1.54) is 29.3 Å². The van der Waals surface area contributed by atoms with E-state index in [4.69, 9.17) is 22.0 Å². The first kappa shape index (κ1) is 32.3. The Bertz CT molecular complexity index is 1710. The fourth-order valence-corrected chi connectivity index (χ4v) is 5.48. The highest BCUT2D eigenvalue weighted by Gasteiger charge is 2.41. The molecule has 0 saturated carbocycles. The smallest absolute Gasteiger partial charge is 0.534 e. The number of aliphatic hydroxyl groups is 1. The van der Waals surface area contributed by atoms with Crippen LogP contribution in [0.15, 0.2) is 48.7 Å². The molecular formula is C28H28BClN6O10. The second-order valence-electron chi connectivity index (χ2n) is 10.6. The zero-order chi connectivity index (χ0) is 33.3. The number of aromatic nitrogens is 1. The molecule has 3 atom stereocenters. The third-order valence-corrected chi connectivity index (χ3v) is 7.94. The molecule has 0 bridgehead atoms. The normalized spacial score (nSPS) is 17.6. The number of para-hydroxylation sites is 1.